The molecule has 0 aliphatic carbocycles. The molecule has 0 N–H and O–H groups in total. The topological polar surface area (TPSA) is 30.7 Å². The van der Waals surface area contributed by atoms with Gasteiger partial charge in [0.25, 0.3) is 0 Å². The fourth-order valence-electron chi connectivity index (χ4n) is 1.73. The van der Waals surface area contributed by atoms with E-state index in [1.54, 1.807) is 28.8 Å². The number of nitrogens with zero attached hydrogens (tertiary/aromatic N) is 3. The number of aryl methyl sites for hydroxylation is 1. The van der Waals surface area contributed by atoms with Crippen LogP contribution in [0.3, 0.4) is 0 Å². The van der Waals surface area contributed by atoms with Gasteiger partial charge in [-0.05, 0) is 12.1 Å². The minimum atomic E-state index is -4.21. The predicted molar refractivity (Wildman–Crippen MR) is 65.3 cm³/mol. The molecule has 0 saturated carbocycles. The molecule has 1 aromatic carbocycles. The fourth-order valence-corrected chi connectivity index (χ4v) is 1.90. The Balaban J connectivity index is 2.33. The summed E-state index contributed by atoms with van der Waals surface area (Å²) in [5.41, 5.74) is 0.709. The minimum absolute atomic E-state index is 0.0912. The van der Waals surface area contributed by atoms with Crippen molar-refractivity contribution in [3.8, 4) is 5.69 Å². The maximum absolute atomic E-state index is 12.3. The highest BCUT2D eigenvalue weighted by atomic mass is 35.5. The fraction of sp³-hybridized carbons (Fsp3) is 0.333. The second-order valence-corrected chi connectivity index (χ2v) is 4.22. The normalized spacial score (nSPS) is 11.8. The molecule has 0 aliphatic rings. The lowest BCUT2D eigenvalue weighted by molar-refractivity contribution is -0.134. The van der Waals surface area contributed by atoms with Crippen LogP contribution in [-0.4, -0.2) is 20.9 Å². The molecular formula is C12H11ClF3N3. The molecule has 0 bridgehead atoms. The summed E-state index contributed by atoms with van der Waals surface area (Å²) in [6.07, 6.45) is -5.36. The second kappa shape index (κ2) is 5.61. The summed E-state index contributed by atoms with van der Waals surface area (Å²) >= 11 is 5.74. The first kappa shape index (κ1) is 13.9. The monoisotopic (exact) mass is 289 g/mol. The van der Waals surface area contributed by atoms with Gasteiger partial charge < -0.3 is 0 Å². The molecule has 7 heteroatoms. The van der Waals surface area contributed by atoms with Crippen molar-refractivity contribution in [2.24, 2.45) is 0 Å². The largest absolute Gasteiger partial charge is 0.389 e. The molecule has 19 heavy (non-hydrogen) atoms. The third kappa shape index (κ3) is 3.47. The Labute approximate surface area is 113 Å². The Bertz CT molecular complexity index is 537. The Morgan fingerprint density at radius 1 is 1.05 bits per heavy atom. The van der Waals surface area contributed by atoms with Gasteiger partial charge in [0, 0.05) is 12.1 Å². The van der Waals surface area contributed by atoms with Gasteiger partial charge in [-0.1, -0.05) is 18.2 Å². The van der Waals surface area contributed by atoms with Crippen LogP contribution in [0, 0.1) is 0 Å². The van der Waals surface area contributed by atoms with E-state index in [0.717, 1.165) is 0 Å². The number of aromatic nitrogens is 3. The van der Waals surface area contributed by atoms with Crippen molar-refractivity contribution in [1.82, 2.24) is 14.8 Å². The van der Waals surface area contributed by atoms with Crippen molar-refractivity contribution >= 4 is 11.6 Å². The van der Waals surface area contributed by atoms with Crippen LogP contribution in [0.5, 0.6) is 0 Å². The van der Waals surface area contributed by atoms with Crippen LogP contribution >= 0.6 is 11.6 Å². The zero-order valence-corrected chi connectivity index (χ0v) is 10.6. The van der Waals surface area contributed by atoms with E-state index in [4.69, 9.17) is 11.6 Å². The first-order chi connectivity index (χ1) is 9.01. The average molecular weight is 290 g/mol. The van der Waals surface area contributed by atoms with Crippen LogP contribution in [0.25, 0.3) is 5.69 Å². The molecule has 1 aromatic heterocycles. The summed E-state index contributed by atoms with van der Waals surface area (Å²) in [5, 5.41) is 7.62. The van der Waals surface area contributed by atoms with Gasteiger partial charge in [0.05, 0.1) is 12.3 Å². The van der Waals surface area contributed by atoms with Crippen molar-refractivity contribution in [1.29, 1.82) is 0 Å². The number of para-hydroxylation sites is 1. The van der Waals surface area contributed by atoms with E-state index in [-0.39, 0.29) is 18.1 Å². The maximum atomic E-state index is 12.3. The molecule has 1 heterocycles. The quantitative estimate of drug-likeness (QED) is 0.807. The van der Waals surface area contributed by atoms with Crippen molar-refractivity contribution in [2.45, 2.75) is 24.9 Å². The second-order valence-electron chi connectivity index (χ2n) is 3.95. The van der Waals surface area contributed by atoms with Crippen LogP contribution < -0.4 is 0 Å². The van der Waals surface area contributed by atoms with E-state index >= 15 is 0 Å². The first-order valence-corrected chi connectivity index (χ1v) is 6.16. The number of hydrogen-bond donors (Lipinski definition) is 0. The van der Waals surface area contributed by atoms with Gasteiger partial charge in [-0.25, -0.2) is 0 Å². The van der Waals surface area contributed by atoms with Crippen LogP contribution in [0.15, 0.2) is 30.3 Å². The third-order valence-electron chi connectivity index (χ3n) is 2.56. The molecule has 2 rings (SSSR count). The van der Waals surface area contributed by atoms with Crippen LogP contribution in [0.1, 0.15) is 18.1 Å². The van der Waals surface area contributed by atoms with Crippen LogP contribution in [0.2, 0.25) is 0 Å². The molecule has 0 saturated heterocycles. The number of benzene rings is 1. The lowest BCUT2D eigenvalue weighted by Gasteiger charge is -2.10. The molecule has 2 aromatic rings. The van der Waals surface area contributed by atoms with E-state index in [0.29, 0.717) is 11.5 Å². The molecule has 0 fully saturated rings. The Morgan fingerprint density at radius 2 is 1.68 bits per heavy atom. The third-order valence-corrected chi connectivity index (χ3v) is 2.80. The zero-order valence-electron chi connectivity index (χ0n) is 9.86. The Morgan fingerprint density at radius 3 is 2.26 bits per heavy atom. The standard InChI is InChI=1S/C12H11ClF3N3/c13-8-11-18-17-10(6-7-12(14,15)16)19(11)9-4-2-1-3-5-9/h1-5H,6-8H2. The summed E-state index contributed by atoms with van der Waals surface area (Å²) in [6, 6.07) is 8.96. The summed E-state index contributed by atoms with van der Waals surface area (Å²) in [5.74, 6) is 0.790. The van der Waals surface area contributed by atoms with Gasteiger partial charge in [0.15, 0.2) is 5.82 Å². The summed E-state index contributed by atoms with van der Waals surface area (Å²) in [6.45, 7) is 0. The highest BCUT2D eigenvalue weighted by Gasteiger charge is 2.28. The van der Waals surface area contributed by atoms with Crippen LogP contribution in [0.4, 0.5) is 13.2 Å². The molecule has 0 aliphatic heterocycles. The van der Waals surface area contributed by atoms with E-state index in [2.05, 4.69) is 10.2 Å². The molecule has 0 radical (unpaired) electrons. The zero-order chi connectivity index (χ0) is 13.9. The molecule has 3 nitrogen and oxygen atoms in total. The van der Waals surface area contributed by atoms with Crippen molar-refractivity contribution in [3.63, 3.8) is 0 Å². The van der Waals surface area contributed by atoms with Crippen molar-refractivity contribution in [2.75, 3.05) is 0 Å². The summed E-state index contributed by atoms with van der Waals surface area (Å²) in [4.78, 5) is 0. The average Bonchev–Trinajstić information content (AvgIpc) is 2.79. The van der Waals surface area contributed by atoms with Crippen molar-refractivity contribution in [3.05, 3.63) is 42.0 Å². The van der Waals surface area contributed by atoms with Gasteiger partial charge in [-0.3, -0.25) is 4.57 Å². The molecule has 0 spiro atoms. The van der Waals surface area contributed by atoms with Gasteiger partial charge in [0.2, 0.25) is 0 Å². The van der Waals surface area contributed by atoms with Gasteiger partial charge in [0.1, 0.15) is 5.82 Å². The lowest BCUT2D eigenvalue weighted by Crippen LogP contribution is -2.12. The predicted octanol–water partition coefficient (Wildman–Crippen LogP) is 3.50. The highest BCUT2D eigenvalue weighted by molar-refractivity contribution is 6.16. The van der Waals surface area contributed by atoms with Gasteiger partial charge >= 0.3 is 6.18 Å². The first-order valence-electron chi connectivity index (χ1n) is 5.62. The highest BCUT2D eigenvalue weighted by Crippen LogP contribution is 2.23. The lowest BCUT2D eigenvalue weighted by atomic mass is 10.2. The van der Waals surface area contributed by atoms with E-state index in [9.17, 15) is 13.2 Å². The van der Waals surface area contributed by atoms with Crippen LogP contribution in [-0.2, 0) is 12.3 Å². The number of halogens is 4. The Hall–Kier alpha value is -1.56. The number of rotatable bonds is 4. The van der Waals surface area contributed by atoms with Crippen molar-refractivity contribution < 1.29 is 13.2 Å². The summed E-state index contributed by atoms with van der Waals surface area (Å²) < 4.78 is 38.4. The maximum Gasteiger partial charge on any atom is 0.389 e. The van der Waals surface area contributed by atoms with E-state index in [1.807, 2.05) is 6.07 Å². The molecular weight excluding hydrogens is 279 g/mol. The van der Waals surface area contributed by atoms with Gasteiger partial charge in [-0.15, -0.1) is 21.8 Å². The molecule has 0 unspecified atom stereocenters. The minimum Gasteiger partial charge on any atom is -0.282 e. The van der Waals surface area contributed by atoms with E-state index in [1.165, 1.54) is 0 Å². The summed E-state index contributed by atoms with van der Waals surface area (Å²) in [7, 11) is 0. The van der Waals surface area contributed by atoms with E-state index < -0.39 is 12.6 Å². The Kier molecular flexibility index (Phi) is 4.09. The SMILES string of the molecule is FC(F)(F)CCc1nnc(CCl)n1-c1ccccc1. The number of hydrogen-bond acceptors (Lipinski definition) is 2. The number of alkyl halides is 4. The smallest absolute Gasteiger partial charge is 0.282 e. The molecule has 0 atom stereocenters. The van der Waals surface area contributed by atoms with Gasteiger partial charge in [-0.2, -0.15) is 13.2 Å². The molecule has 102 valence electrons. The molecule has 0 amide bonds.